The molecule has 2 aromatic rings. The van der Waals surface area contributed by atoms with E-state index in [1.54, 1.807) is 6.20 Å². The van der Waals surface area contributed by atoms with E-state index in [1.165, 1.54) is 5.56 Å². The van der Waals surface area contributed by atoms with Gasteiger partial charge in [0.05, 0.1) is 5.02 Å². The van der Waals surface area contributed by atoms with Crippen molar-refractivity contribution in [3.63, 3.8) is 0 Å². The minimum atomic E-state index is 0.689. The SMILES string of the molecule is Clc1ccc(N2CCN(CCc3cccnc3)CC2)nc1. The highest BCUT2D eigenvalue weighted by atomic mass is 35.5. The van der Waals surface area contributed by atoms with Gasteiger partial charge in [0.15, 0.2) is 0 Å². The number of nitrogens with zero attached hydrogens (tertiary/aromatic N) is 4. The molecule has 3 rings (SSSR count). The monoisotopic (exact) mass is 302 g/mol. The Hall–Kier alpha value is -1.65. The summed E-state index contributed by atoms with van der Waals surface area (Å²) in [5.74, 6) is 1.02. The van der Waals surface area contributed by atoms with Crippen molar-refractivity contribution < 1.29 is 0 Å². The van der Waals surface area contributed by atoms with Crippen molar-refractivity contribution in [1.29, 1.82) is 0 Å². The summed E-state index contributed by atoms with van der Waals surface area (Å²) in [6.07, 6.45) is 6.55. The molecule has 0 spiro atoms. The molecule has 1 aliphatic rings. The third kappa shape index (κ3) is 3.93. The van der Waals surface area contributed by atoms with E-state index in [4.69, 9.17) is 11.6 Å². The summed E-state index contributed by atoms with van der Waals surface area (Å²) >= 11 is 5.88. The van der Waals surface area contributed by atoms with Crippen molar-refractivity contribution >= 4 is 17.4 Å². The lowest BCUT2D eigenvalue weighted by Gasteiger charge is -2.35. The highest BCUT2D eigenvalue weighted by molar-refractivity contribution is 6.30. The maximum absolute atomic E-state index is 5.88. The summed E-state index contributed by atoms with van der Waals surface area (Å²) in [6.45, 7) is 5.27. The zero-order valence-electron chi connectivity index (χ0n) is 12.0. The maximum atomic E-state index is 5.88. The van der Waals surface area contributed by atoms with E-state index in [0.717, 1.165) is 45.0 Å². The van der Waals surface area contributed by atoms with E-state index < -0.39 is 0 Å². The van der Waals surface area contributed by atoms with Crippen molar-refractivity contribution in [2.45, 2.75) is 6.42 Å². The predicted molar refractivity (Wildman–Crippen MR) is 85.8 cm³/mol. The molecule has 3 heterocycles. The van der Waals surface area contributed by atoms with Gasteiger partial charge in [-0.25, -0.2) is 4.98 Å². The fourth-order valence-corrected chi connectivity index (χ4v) is 2.70. The highest BCUT2D eigenvalue weighted by Crippen LogP contribution is 2.16. The van der Waals surface area contributed by atoms with E-state index in [-0.39, 0.29) is 0 Å². The number of halogens is 1. The van der Waals surface area contributed by atoms with Gasteiger partial charge in [-0.15, -0.1) is 0 Å². The molecule has 1 aliphatic heterocycles. The molecule has 2 aromatic heterocycles. The largest absolute Gasteiger partial charge is 0.354 e. The van der Waals surface area contributed by atoms with Gasteiger partial charge >= 0.3 is 0 Å². The quantitative estimate of drug-likeness (QED) is 0.868. The van der Waals surface area contributed by atoms with Crippen LogP contribution in [0.15, 0.2) is 42.9 Å². The fourth-order valence-electron chi connectivity index (χ4n) is 2.59. The molecule has 0 aromatic carbocycles. The minimum absolute atomic E-state index is 0.689. The Morgan fingerprint density at radius 3 is 2.57 bits per heavy atom. The Labute approximate surface area is 130 Å². The van der Waals surface area contributed by atoms with E-state index >= 15 is 0 Å². The van der Waals surface area contributed by atoms with Gasteiger partial charge < -0.3 is 4.90 Å². The number of rotatable bonds is 4. The zero-order valence-corrected chi connectivity index (χ0v) is 12.7. The molecule has 0 atom stereocenters. The van der Waals surface area contributed by atoms with Crippen LogP contribution in [-0.4, -0.2) is 47.6 Å². The van der Waals surface area contributed by atoms with Gasteiger partial charge in [-0.1, -0.05) is 17.7 Å². The van der Waals surface area contributed by atoms with Crippen LogP contribution in [-0.2, 0) is 6.42 Å². The number of hydrogen-bond acceptors (Lipinski definition) is 4. The topological polar surface area (TPSA) is 32.3 Å². The van der Waals surface area contributed by atoms with Crippen LogP contribution in [0.25, 0.3) is 0 Å². The molecule has 110 valence electrons. The lowest BCUT2D eigenvalue weighted by Crippen LogP contribution is -2.47. The Morgan fingerprint density at radius 2 is 1.90 bits per heavy atom. The number of anilines is 1. The summed E-state index contributed by atoms with van der Waals surface area (Å²) in [5, 5.41) is 0.689. The van der Waals surface area contributed by atoms with Crippen LogP contribution in [0, 0.1) is 0 Å². The molecular weight excluding hydrogens is 284 g/mol. The Balaban J connectivity index is 1.48. The average Bonchev–Trinajstić information content (AvgIpc) is 2.55. The second kappa shape index (κ2) is 6.87. The van der Waals surface area contributed by atoms with Crippen molar-refractivity contribution in [1.82, 2.24) is 14.9 Å². The lowest BCUT2D eigenvalue weighted by atomic mass is 10.2. The summed E-state index contributed by atoms with van der Waals surface area (Å²) in [5.41, 5.74) is 1.30. The smallest absolute Gasteiger partial charge is 0.128 e. The standard InChI is InChI=1S/C16H19ClN4/c17-15-3-4-16(19-13-15)21-10-8-20(9-11-21)7-5-14-2-1-6-18-12-14/h1-4,6,12-13H,5,7-11H2. The van der Waals surface area contributed by atoms with Crippen LogP contribution in [0.3, 0.4) is 0 Å². The molecule has 0 aliphatic carbocycles. The first-order valence-corrected chi connectivity index (χ1v) is 7.67. The Morgan fingerprint density at radius 1 is 1.05 bits per heavy atom. The molecular formula is C16H19ClN4. The summed E-state index contributed by atoms with van der Waals surface area (Å²) in [4.78, 5) is 13.4. The number of aromatic nitrogens is 2. The molecule has 1 fully saturated rings. The Bertz CT molecular complexity index is 550. The van der Waals surface area contributed by atoms with Gasteiger partial charge in [-0.3, -0.25) is 9.88 Å². The molecule has 21 heavy (non-hydrogen) atoms. The van der Waals surface area contributed by atoms with Crippen LogP contribution >= 0.6 is 11.6 Å². The van der Waals surface area contributed by atoms with Gasteiger partial charge in [-0.05, 0) is 30.2 Å². The average molecular weight is 303 g/mol. The third-order valence-corrected chi connectivity index (χ3v) is 4.07. The van der Waals surface area contributed by atoms with E-state index in [0.29, 0.717) is 5.02 Å². The van der Waals surface area contributed by atoms with Gasteiger partial charge in [0.1, 0.15) is 5.82 Å². The van der Waals surface area contributed by atoms with Crippen LogP contribution in [0.5, 0.6) is 0 Å². The van der Waals surface area contributed by atoms with Crippen molar-refractivity contribution in [3.05, 3.63) is 53.4 Å². The molecule has 5 heteroatoms. The molecule has 0 N–H and O–H groups in total. The normalized spacial score (nSPS) is 16.1. The number of hydrogen-bond donors (Lipinski definition) is 0. The lowest BCUT2D eigenvalue weighted by molar-refractivity contribution is 0.260. The predicted octanol–water partition coefficient (Wildman–Crippen LogP) is 2.49. The first-order chi connectivity index (χ1) is 10.3. The first kappa shape index (κ1) is 14.3. The van der Waals surface area contributed by atoms with Crippen LogP contribution in [0.4, 0.5) is 5.82 Å². The van der Waals surface area contributed by atoms with Crippen molar-refractivity contribution in [3.8, 4) is 0 Å². The second-order valence-electron chi connectivity index (χ2n) is 5.27. The van der Waals surface area contributed by atoms with Crippen LogP contribution < -0.4 is 4.90 Å². The fraction of sp³-hybridized carbons (Fsp3) is 0.375. The van der Waals surface area contributed by atoms with Crippen LogP contribution in [0.1, 0.15) is 5.56 Å². The third-order valence-electron chi connectivity index (χ3n) is 3.85. The van der Waals surface area contributed by atoms with Gasteiger partial charge in [0.2, 0.25) is 0 Å². The van der Waals surface area contributed by atoms with Gasteiger partial charge in [-0.2, -0.15) is 0 Å². The molecule has 0 unspecified atom stereocenters. The van der Waals surface area contributed by atoms with E-state index in [1.807, 2.05) is 30.6 Å². The van der Waals surface area contributed by atoms with E-state index in [2.05, 4.69) is 25.8 Å². The van der Waals surface area contributed by atoms with Crippen molar-refractivity contribution in [2.24, 2.45) is 0 Å². The van der Waals surface area contributed by atoms with E-state index in [9.17, 15) is 0 Å². The number of piperazine rings is 1. The Kier molecular flexibility index (Phi) is 4.68. The summed E-state index contributed by atoms with van der Waals surface area (Å²) in [7, 11) is 0. The minimum Gasteiger partial charge on any atom is -0.354 e. The maximum Gasteiger partial charge on any atom is 0.128 e. The van der Waals surface area contributed by atoms with Gasteiger partial charge in [0.25, 0.3) is 0 Å². The zero-order chi connectivity index (χ0) is 14.5. The second-order valence-corrected chi connectivity index (χ2v) is 5.71. The molecule has 0 amide bonds. The molecule has 1 saturated heterocycles. The summed E-state index contributed by atoms with van der Waals surface area (Å²) < 4.78 is 0. The van der Waals surface area contributed by atoms with Crippen molar-refractivity contribution in [2.75, 3.05) is 37.6 Å². The first-order valence-electron chi connectivity index (χ1n) is 7.29. The molecule has 4 nitrogen and oxygen atoms in total. The van der Waals surface area contributed by atoms with Crippen LogP contribution in [0.2, 0.25) is 5.02 Å². The molecule has 0 bridgehead atoms. The molecule has 0 saturated carbocycles. The highest BCUT2D eigenvalue weighted by Gasteiger charge is 2.17. The molecule has 0 radical (unpaired) electrons. The summed E-state index contributed by atoms with van der Waals surface area (Å²) in [6, 6.07) is 8.03. The number of pyridine rings is 2. The van der Waals surface area contributed by atoms with Gasteiger partial charge in [0, 0.05) is 51.3 Å².